The van der Waals surface area contributed by atoms with E-state index in [2.05, 4.69) is 5.32 Å². The molecule has 0 radical (unpaired) electrons. The van der Waals surface area contributed by atoms with Crippen LogP contribution in [0.2, 0.25) is 0 Å². The van der Waals surface area contributed by atoms with Crippen molar-refractivity contribution in [1.82, 2.24) is 5.32 Å². The van der Waals surface area contributed by atoms with Crippen molar-refractivity contribution < 1.29 is 9.18 Å². The lowest BCUT2D eigenvalue weighted by Crippen LogP contribution is -2.49. The Morgan fingerprint density at radius 1 is 1.50 bits per heavy atom. The van der Waals surface area contributed by atoms with Gasteiger partial charge in [0.05, 0.1) is 6.04 Å². The Morgan fingerprint density at radius 2 is 2.21 bits per heavy atom. The van der Waals surface area contributed by atoms with Crippen molar-refractivity contribution in [2.24, 2.45) is 0 Å². The number of hydrogen-bond acceptors (Lipinski definition) is 2. The molecule has 2 rings (SSSR count). The third-order valence-electron chi connectivity index (χ3n) is 2.53. The van der Waals surface area contributed by atoms with E-state index < -0.39 is 0 Å². The number of carbonyl (C=O) groups excluding carboxylic acids is 1. The first-order chi connectivity index (χ1) is 6.77. The molecule has 1 aliphatic rings. The fraction of sp³-hybridized carbons (Fsp3) is 0.364. The SMILES string of the molecule is O=C(Cc1ccccc1F)C1CCN1. The van der Waals surface area contributed by atoms with E-state index in [0.29, 0.717) is 5.56 Å². The van der Waals surface area contributed by atoms with E-state index >= 15 is 0 Å². The minimum Gasteiger partial charge on any atom is -0.307 e. The zero-order chi connectivity index (χ0) is 9.97. The average molecular weight is 193 g/mol. The molecule has 0 spiro atoms. The van der Waals surface area contributed by atoms with Crippen LogP contribution < -0.4 is 5.32 Å². The molecule has 0 aromatic heterocycles. The highest BCUT2D eigenvalue weighted by molar-refractivity contribution is 5.86. The average Bonchev–Trinajstić information content (AvgIpc) is 2.05. The second-order valence-corrected chi connectivity index (χ2v) is 3.53. The van der Waals surface area contributed by atoms with E-state index in [1.807, 2.05) is 0 Å². The smallest absolute Gasteiger partial charge is 0.154 e. The summed E-state index contributed by atoms with van der Waals surface area (Å²) in [6.45, 7) is 0.897. The molecule has 1 aromatic rings. The number of hydrogen-bond donors (Lipinski definition) is 1. The van der Waals surface area contributed by atoms with Gasteiger partial charge in [0, 0.05) is 6.42 Å². The Labute approximate surface area is 82.1 Å². The molecule has 0 amide bonds. The van der Waals surface area contributed by atoms with Gasteiger partial charge >= 0.3 is 0 Å². The van der Waals surface area contributed by atoms with Crippen LogP contribution in [0.1, 0.15) is 12.0 Å². The summed E-state index contributed by atoms with van der Waals surface area (Å²) >= 11 is 0. The first kappa shape index (κ1) is 9.34. The summed E-state index contributed by atoms with van der Waals surface area (Å²) in [4.78, 5) is 11.5. The van der Waals surface area contributed by atoms with Crippen molar-refractivity contribution in [3.8, 4) is 0 Å². The van der Waals surface area contributed by atoms with Crippen molar-refractivity contribution in [1.29, 1.82) is 0 Å². The zero-order valence-electron chi connectivity index (χ0n) is 7.79. The summed E-state index contributed by atoms with van der Waals surface area (Å²) in [5.74, 6) is -0.207. The lowest BCUT2D eigenvalue weighted by molar-refractivity contribution is -0.122. The van der Waals surface area contributed by atoms with Crippen LogP contribution in [0.4, 0.5) is 4.39 Å². The molecule has 1 aliphatic heterocycles. The summed E-state index contributed by atoms with van der Waals surface area (Å²) in [5, 5.41) is 3.01. The van der Waals surface area contributed by atoms with Gasteiger partial charge in [-0.25, -0.2) is 4.39 Å². The summed E-state index contributed by atoms with van der Waals surface area (Å²) in [6.07, 6.45) is 1.08. The van der Waals surface area contributed by atoms with Crippen LogP contribution in [0, 0.1) is 5.82 Å². The first-order valence-corrected chi connectivity index (χ1v) is 4.77. The normalized spacial score (nSPS) is 20.2. The molecule has 1 fully saturated rings. The summed E-state index contributed by atoms with van der Waals surface area (Å²) < 4.78 is 13.2. The number of Topliss-reactive ketones (excluding diaryl/α,β-unsaturated/α-hetero) is 1. The number of rotatable bonds is 3. The maximum absolute atomic E-state index is 13.2. The summed E-state index contributed by atoms with van der Waals surface area (Å²) in [7, 11) is 0. The third-order valence-corrected chi connectivity index (χ3v) is 2.53. The molecule has 1 saturated heterocycles. The Morgan fingerprint density at radius 3 is 2.79 bits per heavy atom. The predicted molar refractivity (Wildman–Crippen MR) is 51.5 cm³/mol. The topological polar surface area (TPSA) is 29.1 Å². The molecule has 14 heavy (non-hydrogen) atoms. The number of ketones is 1. The minimum absolute atomic E-state index is 0.0467. The highest BCUT2D eigenvalue weighted by Gasteiger charge is 2.24. The Balaban J connectivity index is 2.03. The largest absolute Gasteiger partial charge is 0.307 e. The van der Waals surface area contributed by atoms with E-state index in [4.69, 9.17) is 0 Å². The van der Waals surface area contributed by atoms with E-state index in [1.165, 1.54) is 6.07 Å². The minimum atomic E-state index is -0.292. The Bertz CT molecular complexity index is 347. The standard InChI is InChI=1S/C11H12FNO/c12-9-4-2-1-3-8(9)7-11(14)10-5-6-13-10/h1-4,10,13H,5-7H2. The van der Waals surface area contributed by atoms with Crippen molar-refractivity contribution >= 4 is 5.78 Å². The van der Waals surface area contributed by atoms with Gasteiger partial charge in [-0.2, -0.15) is 0 Å². The second kappa shape index (κ2) is 3.88. The molecule has 3 heteroatoms. The van der Waals surface area contributed by atoms with Crippen LogP contribution in [0.15, 0.2) is 24.3 Å². The van der Waals surface area contributed by atoms with E-state index in [-0.39, 0.29) is 24.1 Å². The highest BCUT2D eigenvalue weighted by atomic mass is 19.1. The molecule has 1 heterocycles. The Hall–Kier alpha value is -1.22. The van der Waals surface area contributed by atoms with Crippen LogP contribution in [-0.2, 0) is 11.2 Å². The molecule has 1 aromatic carbocycles. The fourth-order valence-corrected chi connectivity index (χ4v) is 1.52. The van der Waals surface area contributed by atoms with Gasteiger partial charge < -0.3 is 5.32 Å². The van der Waals surface area contributed by atoms with Crippen molar-refractivity contribution in [2.45, 2.75) is 18.9 Å². The molecule has 0 bridgehead atoms. The van der Waals surface area contributed by atoms with Crippen molar-refractivity contribution in [2.75, 3.05) is 6.54 Å². The fourth-order valence-electron chi connectivity index (χ4n) is 1.52. The van der Waals surface area contributed by atoms with Gasteiger partial charge in [-0.1, -0.05) is 18.2 Å². The van der Waals surface area contributed by atoms with Crippen LogP contribution in [0.5, 0.6) is 0 Å². The first-order valence-electron chi connectivity index (χ1n) is 4.77. The molecule has 0 saturated carbocycles. The quantitative estimate of drug-likeness (QED) is 0.784. The summed E-state index contributed by atoms with van der Waals surface area (Å²) in [5.41, 5.74) is 0.492. The Kier molecular flexibility index (Phi) is 2.59. The van der Waals surface area contributed by atoms with Crippen molar-refractivity contribution in [3.63, 3.8) is 0 Å². The van der Waals surface area contributed by atoms with Crippen LogP contribution in [0.25, 0.3) is 0 Å². The predicted octanol–water partition coefficient (Wildman–Crippen LogP) is 1.30. The number of nitrogens with one attached hydrogen (secondary N) is 1. The van der Waals surface area contributed by atoms with Gasteiger partial charge in [0.1, 0.15) is 5.82 Å². The highest BCUT2D eigenvalue weighted by Crippen LogP contribution is 2.11. The molecule has 2 nitrogen and oxygen atoms in total. The van der Waals surface area contributed by atoms with E-state index in [1.54, 1.807) is 18.2 Å². The molecule has 1 N–H and O–H groups in total. The van der Waals surface area contributed by atoms with Crippen LogP contribution in [0.3, 0.4) is 0 Å². The van der Waals surface area contributed by atoms with Gasteiger partial charge in [0.25, 0.3) is 0 Å². The lowest BCUT2D eigenvalue weighted by atomic mass is 9.97. The van der Waals surface area contributed by atoms with Gasteiger partial charge in [0.15, 0.2) is 5.78 Å². The van der Waals surface area contributed by atoms with Gasteiger partial charge in [-0.05, 0) is 24.6 Å². The molecule has 1 atom stereocenters. The molecule has 74 valence electrons. The van der Waals surface area contributed by atoms with E-state index in [0.717, 1.165) is 13.0 Å². The van der Waals surface area contributed by atoms with E-state index in [9.17, 15) is 9.18 Å². The molecular weight excluding hydrogens is 181 g/mol. The van der Waals surface area contributed by atoms with Gasteiger partial charge in [-0.15, -0.1) is 0 Å². The molecule has 0 aliphatic carbocycles. The number of benzene rings is 1. The third kappa shape index (κ3) is 1.82. The van der Waals surface area contributed by atoms with Crippen LogP contribution in [-0.4, -0.2) is 18.4 Å². The number of halogens is 1. The second-order valence-electron chi connectivity index (χ2n) is 3.53. The summed E-state index contributed by atoms with van der Waals surface area (Å²) in [6, 6.07) is 6.38. The molecule has 1 unspecified atom stereocenters. The maximum Gasteiger partial charge on any atom is 0.154 e. The van der Waals surface area contributed by atoms with Gasteiger partial charge in [-0.3, -0.25) is 4.79 Å². The van der Waals surface area contributed by atoms with Crippen LogP contribution >= 0.6 is 0 Å². The van der Waals surface area contributed by atoms with Crippen molar-refractivity contribution in [3.05, 3.63) is 35.6 Å². The van der Waals surface area contributed by atoms with Gasteiger partial charge in [0.2, 0.25) is 0 Å². The number of carbonyl (C=O) groups is 1. The maximum atomic E-state index is 13.2. The molecular formula is C11H12FNO. The monoisotopic (exact) mass is 193 g/mol. The lowest BCUT2D eigenvalue weighted by Gasteiger charge is -2.26. The zero-order valence-corrected chi connectivity index (χ0v) is 7.79.